The van der Waals surface area contributed by atoms with Gasteiger partial charge in [0.15, 0.2) is 11.0 Å². The van der Waals surface area contributed by atoms with Crippen LogP contribution in [-0.2, 0) is 0 Å². The Balaban J connectivity index is 1.33. The second-order valence-electron chi connectivity index (χ2n) is 10.8. The van der Waals surface area contributed by atoms with Crippen LogP contribution in [0.15, 0.2) is 129 Å². The summed E-state index contributed by atoms with van der Waals surface area (Å²) in [5.74, 6) is 0. The highest BCUT2D eigenvalue weighted by Gasteiger charge is 2.20. The predicted octanol–water partition coefficient (Wildman–Crippen LogP) is 10.3. The summed E-state index contributed by atoms with van der Waals surface area (Å²) in [4.78, 5) is 13.5. The zero-order valence-corrected chi connectivity index (χ0v) is 22.9. The minimum Gasteiger partial charge on any atom is -0.456 e. The van der Waals surface area contributed by atoms with Gasteiger partial charge in [0.1, 0.15) is 16.7 Å². The number of aromatic nitrogens is 1. The van der Waals surface area contributed by atoms with Gasteiger partial charge >= 0.3 is 0 Å². The van der Waals surface area contributed by atoms with Crippen LogP contribution in [0.5, 0.6) is 0 Å². The van der Waals surface area contributed by atoms with E-state index >= 15 is 0 Å². The second kappa shape index (κ2) is 7.87. The van der Waals surface area contributed by atoms with Crippen molar-refractivity contribution in [1.82, 2.24) is 4.57 Å². The molecule has 0 N–H and O–H groups in total. The van der Waals surface area contributed by atoms with Crippen molar-refractivity contribution in [2.75, 3.05) is 0 Å². The Morgan fingerprint density at radius 2 is 1.21 bits per heavy atom. The Hall–Kier alpha value is -5.39. The van der Waals surface area contributed by atoms with Crippen LogP contribution in [-0.4, -0.2) is 4.57 Å². The molecule has 0 aliphatic carbocycles. The molecule has 196 valence electrons. The summed E-state index contributed by atoms with van der Waals surface area (Å²) < 4.78 is 17.1. The van der Waals surface area contributed by atoms with Gasteiger partial charge in [0.25, 0.3) is 0 Å². The SMILES string of the molecule is O=c1c2ccccc2sc2cc3oc4c(-n5c6ccccc6c6cc7oc8ccccc8c7cc65)cccc4c3cc12. The maximum absolute atomic E-state index is 13.5. The first kappa shape index (κ1) is 22.3. The van der Waals surface area contributed by atoms with E-state index in [1.165, 1.54) is 0 Å². The van der Waals surface area contributed by atoms with Crippen molar-refractivity contribution in [3.63, 3.8) is 0 Å². The third-order valence-electron chi connectivity index (χ3n) is 8.59. The van der Waals surface area contributed by atoms with E-state index in [2.05, 4.69) is 65.2 Å². The van der Waals surface area contributed by atoms with Crippen molar-refractivity contribution in [3.05, 3.63) is 125 Å². The summed E-state index contributed by atoms with van der Waals surface area (Å²) in [6, 6.07) is 39.2. The maximum atomic E-state index is 13.5. The molecule has 0 aliphatic heterocycles. The first-order valence-corrected chi connectivity index (χ1v) is 14.7. The van der Waals surface area contributed by atoms with Gasteiger partial charge in [0.2, 0.25) is 0 Å². The van der Waals surface area contributed by atoms with Crippen LogP contribution in [0, 0.1) is 0 Å². The minimum absolute atomic E-state index is 0.0607. The third-order valence-corrected chi connectivity index (χ3v) is 9.72. The lowest BCUT2D eigenvalue weighted by Crippen LogP contribution is -2.00. The van der Waals surface area contributed by atoms with Gasteiger partial charge in [-0.25, -0.2) is 0 Å². The lowest BCUT2D eigenvalue weighted by molar-refractivity contribution is 0.667. The van der Waals surface area contributed by atoms with E-state index in [0.717, 1.165) is 91.5 Å². The molecule has 0 aliphatic rings. The van der Waals surface area contributed by atoms with Crippen LogP contribution >= 0.6 is 11.3 Å². The monoisotopic (exact) mass is 557 g/mol. The fourth-order valence-corrected chi connectivity index (χ4v) is 7.78. The Kier molecular flexibility index (Phi) is 4.18. The van der Waals surface area contributed by atoms with Crippen molar-refractivity contribution < 1.29 is 8.83 Å². The van der Waals surface area contributed by atoms with Crippen molar-refractivity contribution in [2.45, 2.75) is 0 Å². The average Bonchev–Trinajstić information content (AvgIpc) is 3.68. The number of rotatable bonds is 1. The fourth-order valence-electron chi connectivity index (χ4n) is 6.70. The molecular formula is C37H19NO3S. The topological polar surface area (TPSA) is 48.3 Å². The maximum Gasteiger partial charge on any atom is 0.195 e. The summed E-state index contributed by atoms with van der Waals surface area (Å²) in [6.07, 6.45) is 0. The van der Waals surface area contributed by atoms with E-state index in [0.29, 0.717) is 0 Å². The molecule has 10 aromatic rings. The van der Waals surface area contributed by atoms with Gasteiger partial charge in [-0.05, 0) is 54.6 Å². The van der Waals surface area contributed by atoms with Crippen LogP contribution in [0.1, 0.15) is 0 Å². The van der Waals surface area contributed by atoms with Gasteiger partial charge in [-0.15, -0.1) is 11.3 Å². The molecule has 0 bridgehead atoms. The smallest absolute Gasteiger partial charge is 0.195 e. The Morgan fingerprint density at radius 1 is 0.476 bits per heavy atom. The molecule has 0 radical (unpaired) electrons. The molecule has 0 fully saturated rings. The molecule has 0 atom stereocenters. The molecule has 4 nitrogen and oxygen atoms in total. The van der Waals surface area contributed by atoms with Gasteiger partial charge in [-0.3, -0.25) is 4.79 Å². The number of benzene rings is 6. The zero-order chi connectivity index (χ0) is 27.5. The number of hydrogen-bond acceptors (Lipinski definition) is 4. The molecular weight excluding hydrogens is 538 g/mol. The summed E-state index contributed by atoms with van der Waals surface area (Å²) in [7, 11) is 0. The average molecular weight is 558 g/mol. The molecule has 4 aromatic heterocycles. The molecule has 0 spiro atoms. The normalized spacial score (nSPS) is 12.4. The van der Waals surface area contributed by atoms with E-state index in [1.807, 2.05) is 54.6 Å². The Morgan fingerprint density at radius 3 is 2.14 bits per heavy atom. The zero-order valence-electron chi connectivity index (χ0n) is 22.0. The van der Waals surface area contributed by atoms with Crippen molar-refractivity contribution in [1.29, 1.82) is 0 Å². The highest BCUT2D eigenvalue weighted by atomic mass is 32.1. The molecule has 10 rings (SSSR count). The van der Waals surface area contributed by atoms with Gasteiger partial charge in [0, 0.05) is 52.5 Å². The molecule has 0 saturated heterocycles. The van der Waals surface area contributed by atoms with Gasteiger partial charge in [0.05, 0.1) is 16.7 Å². The van der Waals surface area contributed by atoms with Crippen molar-refractivity contribution >= 4 is 97.2 Å². The largest absolute Gasteiger partial charge is 0.456 e. The van der Waals surface area contributed by atoms with Gasteiger partial charge in [-0.1, -0.05) is 60.7 Å². The van der Waals surface area contributed by atoms with E-state index < -0.39 is 0 Å². The predicted molar refractivity (Wildman–Crippen MR) is 174 cm³/mol. The van der Waals surface area contributed by atoms with Gasteiger partial charge in [-0.2, -0.15) is 0 Å². The first-order chi connectivity index (χ1) is 20.7. The van der Waals surface area contributed by atoms with Crippen molar-refractivity contribution in [2.24, 2.45) is 0 Å². The van der Waals surface area contributed by atoms with Crippen LogP contribution in [0.4, 0.5) is 0 Å². The third kappa shape index (κ3) is 2.83. The summed E-state index contributed by atoms with van der Waals surface area (Å²) in [6.45, 7) is 0. The number of para-hydroxylation sites is 3. The van der Waals surface area contributed by atoms with E-state index in [-0.39, 0.29) is 5.43 Å². The van der Waals surface area contributed by atoms with E-state index in [1.54, 1.807) is 11.3 Å². The number of nitrogens with zero attached hydrogens (tertiary/aromatic N) is 1. The highest BCUT2D eigenvalue weighted by molar-refractivity contribution is 7.24. The molecule has 0 saturated carbocycles. The molecule has 6 aromatic carbocycles. The summed E-state index contributed by atoms with van der Waals surface area (Å²) >= 11 is 1.62. The van der Waals surface area contributed by atoms with Crippen molar-refractivity contribution in [3.8, 4) is 5.69 Å². The Bertz CT molecular complexity index is 2830. The number of fused-ring (bicyclic) bond motifs is 11. The molecule has 42 heavy (non-hydrogen) atoms. The highest BCUT2D eigenvalue weighted by Crippen LogP contribution is 2.41. The number of hydrogen-bond donors (Lipinski definition) is 0. The lowest BCUT2D eigenvalue weighted by atomic mass is 10.1. The van der Waals surface area contributed by atoms with E-state index in [9.17, 15) is 4.79 Å². The summed E-state index contributed by atoms with van der Waals surface area (Å²) in [5.41, 5.74) is 6.54. The fraction of sp³-hybridized carbons (Fsp3) is 0. The molecule has 0 unspecified atom stereocenters. The first-order valence-electron chi connectivity index (χ1n) is 13.9. The standard InChI is InChI=1S/C37H19NO3S/c39-36-23-10-3-6-15-34(23)42-35-19-33-25(16-27(35)36)22-11-7-13-29(37(22)41-33)38-28-12-4-1-8-20(28)24-18-32-26(17-30(24)38)21-9-2-5-14-31(21)40-32/h1-19H. The minimum atomic E-state index is 0.0607. The lowest BCUT2D eigenvalue weighted by Gasteiger charge is -2.08. The van der Waals surface area contributed by atoms with Crippen LogP contribution in [0.3, 0.4) is 0 Å². The van der Waals surface area contributed by atoms with Gasteiger partial charge < -0.3 is 13.4 Å². The van der Waals surface area contributed by atoms with E-state index in [4.69, 9.17) is 8.83 Å². The molecule has 0 amide bonds. The van der Waals surface area contributed by atoms with Crippen LogP contribution in [0.25, 0.3) is 91.5 Å². The van der Waals surface area contributed by atoms with Crippen LogP contribution < -0.4 is 5.43 Å². The quantitative estimate of drug-likeness (QED) is 0.189. The van der Waals surface area contributed by atoms with Crippen LogP contribution in [0.2, 0.25) is 0 Å². The second-order valence-corrected chi connectivity index (χ2v) is 11.9. The Labute approximate surface area is 241 Å². The summed E-state index contributed by atoms with van der Waals surface area (Å²) in [5, 5.41) is 7.88. The molecule has 4 heterocycles. The number of furan rings is 2. The molecule has 5 heteroatoms.